The summed E-state index contributed by atoms with van der Waals surface area (Å²) in [6.07, 6.45) is 0. The van der Waals surface area contributed by atoms with E-state index in [0.29, 0.717) is 30.2 Å². The van der Waals surface area contributed by atoms with Gasteiger partial charge in [0.25, 0.3) is 0 Å². The highest BCUT2D eigenvalue weighted by Gasteiger charge is 2.21. The van der Waals surface area contributed by atoms with E-state index >= 15 is 0 Å². The van der Waals surface area contributed by atoms with E-state index in [2.05, 4.69) is 10.2 Å². The zero-order chi connectivity index (χ0) is 16.9. The molecule has 2 aromatic rings. The molecule has 24 heavy (non-hydrogen) atoms. The number of carbonyl (C=O) groups is 1. The van der Waals surface area contributed by atoms with E-state index in [0.717, 1.165) is 18.8 Å². The first kappa shape index (κ1) is 16.7. The number of nitrogens with zero attached hydrogens (tertiary/aromatic N) is 2. The number of hydrogen-bond donors (Lipinski definition) is 1. The van der Waals surface area contributed by atoms with Crippen LogP contribution in [0.3, 0.4) is 0 Å². The Morgan fingerprint density at radius 2 is 1.71 bits per heavy atom. The van der Waals surface area contributed by atoms with Gasteiger partial charge in [-0.3, -0.25) is 4.90 Å². The van der Waals surface area contributed by atoms with Gasteiger partial charge in [0, 0.05) is 49.0 Å². The standard InChI is InChI=1S/C18H19ClFN3O/c19-15-5-7-16(8-6-15)21-18(24)23-11-9-22(10-12-23)13-14-3-1-2-4-17(14)20/h1-8H,9-13H2,(H,21,24). The highest BCUT2D eigenvalue weighted by molar-refractivity contribution is 6.30. The number of carbonyl (C=O) groups excluding carboxylic acids is 1. The summed E-state index contributed by atoms with van der Waals surface area (Å²) in [7, 11) is 0. The maximum atomic E-state index is 13.7. The Morgan fingerprint density at radius 1 is 1.04 bits per heavy atom. The Bertz CT molecular complexity index is 700. The molecule has 0 aliphatic carbocycles. The lowest BCUT2D eigenvalue weighted by Crippen LogP contribution is -2.49. The minimum absolute atomic E-state index is 0.122. The average molecular weight is 348 g/mol. The highest BCUT2D eigenvalue weighted by Crippen LogP contribution is 2.15. The van der Waals surface area contributed by atoms with Gasteiger partial charge in [0.2, 0.25) is 0 Å². The van der Waals surface area contributed by atoms with Gasteiger partial charge in [-0.2, -0.15) is 0 Å². The molecule has 1 heterocycles. The monoisotopic (exact) mass is 347 g/mol. The molecule has 6 heteroatoms. The van der Waals surface area contributed by atoms with Crippen LogP contribution < -0.4 is 5.32 Å². The predicted molar refractivity (Wildman–Crippen MR) is 93.7 cm³/mol. The van der Waals surface area contributed by atoms with Crippen LogP contribution in [-0.4, -0.2) is 42.0 Å². The molecule has 0 aromatic heterocycles. The Morgan fingerprint density at radius 3 is 2.38 bits per heavy atom. The summed E-state index contributed by atoms with van der Waals surface area (Å²) in [4.78, 5) is 16.2. The molecule has 1 saturated heterocycles. The smallest absolute Gasteiger partial charge is 0.321 e. The lowest BCUT2D eigenvalue weighted by Gasteiger charge is -2.34. The van der Waals surface area contributed by atoms with Crippen molar-refractivity contribution < 1.29 is 9.18 Å². The molecule has 1 N–H and O–H groups in total. The van der Waals surface area contributed by atoms with Crippen molar-refractivity contribution in [1.82, 2.24) is 9.80 Å². The van der Waals surface area contributed by atoms with Gasteiger partial charge in [0.1, 0.15) is 5.82 Å². The molecule has 0 unspecified atom stereocenters. The van der Waals surface area contributed by atoms with Crippen LogP contribution in [0.25, 0.3) is 0 Å². The number of rotatable bonds is 3. The SMILES string of the molecule is O=C(Nc1ccc(Cl)cc1)N1CCN(Cc2ccccc2F)CC1. The zero-order valence-electron chi connectivity index (χ0n) is 13.2. The molecule has 1 fully saturated rings. The lowest BCUT2D eigenvalue weighted by molar-refractivity contribution is 0.142. The molecule has 126 valence electrons. The molecule has 2 aromatic carbocycles. The third-order valence-electron chi connectivity index (χ3n) is 4.11. The number of hydrogen-bond acceptors (Lipinski definition) is 2. The Kier molecular flexibility index (Phi) is 5.33. The first-order chi connectivity index (χ1) is 11.6. The van der Waals surface area contributed by atoms with E-state index in [-0.39, 0.29) is 11.8 Å². The van der Waals surface area contributed by atoms with Gasteiger partial charge in [0.05, 0.1) is 0 Å². The lowest BCUT2D eigenvalue weighted by atomic mass is 10.2. The number of halogens is 2. The van der Waals surface area contributed by atoms with E-state index in [9.17, 15) is 9.18 Å². The largest absolute Gasteiger partial charge is 0.322 e. The maximum Gasteiger partial charge on any atom is 0.321 e. The van der Waals surface area contributed by atoms with Gasteiger partial charge in [-0.25, -0.2) is 9.18 Å². The molecule has 0 spiro atoms. The minimum atomic E-state index is -0.180. The van der Waals surface area contributed by atoms with E-state index in [1.54, 1.807) is 41.3 Å². The molecule has 0 bridgehead atoms. The van der Waals surface area contributed by atoms with Crippen molar-refractivity contribution >= 4 is 23.3 Å². The molecule has 1 aliphatic rings. The summed E-state index contributed by atoms with van der Waals surface area (Å²) >= 11 is 5.84. The second-order valence-electron chi connectivity index (χ2n) is 5.79. The number of piperazine rings is 1. The Labute approximate surface area is 145 Å². The van der Waals surface area contributed by atoms with Gasteiger partial charge in [-0.1, -0.05) is 29.8 Å². The van der Waals surface area contributed by atoms with Gasteiger partial charge >= 0.3 is 6.03 Å². The average Bonchev–Trinajstić information content (AvgIpc) is 2.59. The second-order valence-corrected chi connectivity index (χ2v) is 6.23. The van der Waals surface area contributed by atoms with Crippen LogP contribution in [0.1, 0.15) is 5.56 Å². The Balaban J connectivity index is 1.50. The summed E-state index contributed by atoms with van der Waals surface area (Å²) in [5.41, 5.74) is 1.41. The summed E-state index contributed by atoms with van der Waals surface area (Å²) in [6.45, 7) is 3.26. The number of nitrogens with one attached hydrogen (secondary N) is 1. The minimum Gasteiger partial charge on any atom is -0.322 e. The van der Waals surface area contributed by atoms with Crippen LogP contribution >= 0.6 is 11.6 Å². The van der Waals surface area contributed by atoms with Crippen molar-refractivity contribution in [3.63, 3.8) is 0 Å². The van der Waals surface area contributed by atoms with Gasteiger partial charge in [0.15, 0.2) is 0 Å². The fourth-order valence-corrected chi connectivity index (χ4v) is 2.84. The maximum absolute atomic E-state index is 13.7. The third-order valence-corrected chi connectivity index (χ3v) is 4.36. The highest BCUT2D eigenvalue weighted by atomic mass is 35.5. The second kappa shape index (κ2) is 7.64. The van der Waals surface area contributed by atoms with Crippen LogP contribution in [0.2, 0.25) is 5.02 Å². The first-order valence-electron chi connectivity index (χ1n) is 7.89. The summed E-state index contributed by atoms with van der Waals surface area (Å²) in [5, 5.41) is 3.50. The molecule has 3 rings (SSSR count). The van der Waals surface area contributed by atoms with Crippen molar-refractivity contribution in [2.75, 3.05) is 31.5 Å². The van der Waals surface area contributed by atoms with Gasteiger partial charge < -0.3 is 10.2 Å². The van der Waals surface area contributed by atoms with Crippen LogP contribution in [0.4, 0.5) is 14.9 Å². The van der Waals surface area contributed by atoms with E-state index in [1.807, 2.05) is 6.07 Å². The Hall–Kier alpha value is -2.11. The number of amides is 2. The zero-order valence-corrected chi connectivity index (χ0v) is 14.0. The molecular formula is C18H19ClFN3O. The topological polar surface area (TPSA) is 35.6 Å². The fraction of sp³-hybridized carbons (Fsp3) is 0.278. The number of anilines is 1. The summed E-state index contributed by atoms with van der Waals surface area (Å²) < 4.78 is 13.7. The molecular weight excluding hydrogens is 329 g/mol. The van der Waals surface area contributed by atoms with E-state index in [1.165, 1.54) is 6.07 Å². The van der Waals surface area contributed by atoms with Crippen LogP contribution in [0.15, 0.2) is 48.5 Å². The molecule has 1 aliphatic heterocycles. The summed E-state index contributed by atoms with van der Waals surface area (Å²) in [5.74, 6) is -0.180. The summed E-state index contributed by atoms with van der Waals surface area (Å²) in [6, 6.07) is 13.7. The van der Waals surface area contributed by atoms with Crippen LogP contribution in [-0.2, 0) is 6.54 Å². The molecule has 0 radical (unpaired) electrons. The van der Waals surface area contributed by atoms with Crippen molar-refractivity contribution in [3.05, 3.63) is 64.9 Å². The van der Waals surface area contributed by atoms with E-state index < -0.39 is 0 Å². The van der Waals surface area contributed by atoms with E-state index in [4.69, 9.17) is 11.6 Å². The quantitative estimate of drug-likeness (QED) is 0.916. The molecule has 0 atom stereocenters. The molecule has 2 amide bonds. The van der Waals surface area contributed by atoms with Crippen molar-refractivity contribution in [2.24, 2.45) is 0 Å². The van der Waals surface area contributed by atoms with Crippen LogP contribution in [0.5, 0.6) is 0 Å². The number of urea groups is 1. The van der Waals surface area contributed by atoms with Gasteiger partial charge in [-0.05, 0) is 30.3 Å². The molecule has 0 saturated carbocycles. The van der Waals surface area contributed by atoms with Crippen molar-refractivity contribution in [3.8, 4) is 0 Å². The third kappa shape index (κ3) is 4.24. The first-order valence-corrected chi connectivity index (χ1v) is 8.27. The normalized spacial score (nSPS) is 15.3. The van der Waals surface area contributed by atoms with Crippen LogP contribution in [0, 0.1) is 5.82 Å². The van der Waals surface area contributed by atoms with Crippen molar-refractivity contribution in [2.45, 2.75) is 6.54 Å². The molecule has 4 nitrogen and oxygen atoms in total. The fourth-order valence-electron chi connectivity index (χ4n) is 2.71. The predicted octanol–water partition coefficient (Wildman–Crippen LogP) is 3.83. The number of benzene rings is 2. The van der Waals surface area contributed by atoms with Crippen molar-refractivity contribution in [1.29, 1.82) is 0 Å². The van der Waals surface area contributed by atoms with Gasteiger partial charge in [-0.15, -0.1) is 0 Å².